The molecule has 0 radical (unpaired) electrons. The van der Waals surface area contributed by atoms with Gasteiger partial charge >= 0.3 is 0 Å². The lowest BCUT2D eigenvalue weighted by Gasteiger charge is -2.14. The van der Waals surface area contributed by atoms with E-state index < -0.39 is 0 Å². The third-order valence-electron chi connectivity index (χ3n) is 3.70. The number of aryl methyl sites for hydroxylation is 1. The summed E-state index contributed by atoms with van der Waals surface area (Å²) in [4.78, 5) is 20.3. The van der Waals surface area contributed by atoms with Crippen LogP contribution >= 0.6 is 23.2 Å². The normalized spacial score (nSPS) is 10.3. The van der Waals surface area contributed by atoms with Gasteiger partial charge in [-0.15, -0.1) is 0 Å². The van der Waals surface area contributed by atoms with Crippen molar-refractivity contribution in [3.8, 4) is 0 Å². The maximum Gasteiger partial charge on any atom is 0.269 e. The van der Waals surface area contributed by atoms with Gasteiger partial charge in [-0.1, -0.05) is 47.0 Å². The van der Waals surface area contributed by atoms with Crippen LogP contribution in [0.4, 0.5) is 23.0 Å². The van der Waals surface area contributed by atoms with E-state index in [1.165, 1.54) is 6.33 Å². The molecule has 138 valence electrons. The zero-order valence-corrected chi connectivity index (χ0v) is 15.8. The zero-order valence-electron chi connectivity index (χ0n) is 14.3. The van der Waals surface area contributed by atoms with Crippen LogP contribution in [0.2, 0.25) is 10.0 Å². The smallest absolute Gasteiger partial charge is 0.269 e. The van der Waals surface area contributed by atoms with E-state index in [1.54, 1.807) is 30.3 Å². The van der Waals surface area contributed by atoms with Crippen molar-refractivity contribution in [2.75, 3.05) is 16.5 Å². The molecule has 27 heavy (non-hydrogen) atoms. The quantitative estimate of drug-likeness (QED) is 0.477. The number of nitrogens with zero attached hydrogens (tertiary/aromatic N) is 2. The van der Waals surface area contributed by atoms with Gasteiger partial charge in [0.1, 0.15) is 12.0 Å². The van der Waals surface area contributed by atoms with Crippen LogP contribution in [0.15, 0.2) is 48.8 Å². The maximum absolute atomic E-state index is 12.2. The van der Waals surface area contributed by atoms with Gasteiger partial charge in [-0.25, -0.2) is 9.97 Å². The van der Waals surface area contributed by atoms with Crippen molar-refractivity contribution >= 4 is 52.1 Å². The molecule has 7 nitrogen and oxygen atoms in total. The number of hydrazine groups is 1. The van der Waals surface area contributed by atoms with Crippen LogP contribution in [-0.2, 0) is 0 Å². The lowest BCUT2D eigenvalue weighted by molar-refractivity contribution is 0.0962. The van der Waals surface area contributed by atoms with E-state index in [9.17, 15) is 4.79 Å². The van der Waals surface area contributed by atoms with Gasteiger partial charge in [-0.05, 0) is 31.2 Å². The Kier molecular flexibility index (Phi) is 5.63. The number of rotatable bonds is 5. The molecule has 0 aliphatic carbocycles. The third-order valence-corrected chi connectivity index (χ3v) is 4.52. The van der Waals surface area contributed by atoms with Crippen molar-refractivity contribution in [3.63, 3.8) is 0 Å². The Morgan fingerprint density at radius 1 is 1.04 bits per heavy atom. The molecule has 0 aliphatic rings. The molecule has 0 atom stereocenters. The van der Waals surface area contributed by atoms with Crippen LogP contribution in [0.5, 0.6) is 0 Å². The van der Waals surface area contributed by atoms with Crippen LogP contribution in [0.25, 0.3) is 0 Å². The number of carbonyl (C=O) groups excluding carboxylic acids is 1. The molecule has 0 unspecified atom stereocenters. The maximum atomic E-state index is 12.2. The predicted molar refractivity (Wildman–Crippen MR) is 108 cm³/mol. The second-order valence-electron chi connectivity index (χ2n) is 5.66. The van der Waals surface area contributed by atoms with Crippen LogP contribution in [0, 0.1) is 6.92 Å². The number of nitrogen functional groups attached to an aromatic ring is 1. The summed E-state index contributed by atoms with van der Waals surface area (Å²) in [6.45, 7) is 1.95. The van der Waals surface area contributed by atoms with Crippen molar-refractivity contribution in [3.05, 3.63) is 70.0 Å². The fourth-order valence-electron chi connectivity index (χ4n) is 2.22. The Hall–Kier alpha value is -3.03. The largest absolute Gasteiger partial charge is 0.393 e. The average Bonchev–Trinajstić information content (AvgIpc) is 2.66. The van der Waals surface area contributed by atoms with E-state index in [2.05, 4.69) is 26.1 Å². The van der Waals surface area contributed by atoms with E-state index in [4.69, 9.17) is 28.9 Å². The second-order valence-corrected chi connectivity index (χ2v) is 6.44. The highest BCUT2D eigenvalue weighted by molar-refractivity contribution is 6.43. The Bertz CT molecular complexity index is 978. The van der Waals surface area contributed by atoms with Gasteiger partial charge in [-0.3, -0.25) is 15.6 Å². The summed E-state index contributed by atoms with van der Waals surface area (Å²) in [6, 6.07) is 12.3. The SMILES string of the molecule is Cc1ccc(C(=O)NNc2ncnc(Nc3cccc(Cl)c3Cl)c2N)cc1. The van der Waals surface area contributed by atoms with Gasteiger partial charge in [-0.2, -0.15) is 0 Å². The van der Waals surface area contributed by atoms with Gasteiger partial charge in [0.25, 0.3) is 5.91 Å². The highest BCUT2D eigenvalue weighted by atomic mass is 35.5. The molecule has 1 aromatic heterocycles. The summed E-state index contributed by atoms with van der Waals surface area (Å²) >= 11 is 12.2. The predicted octanol–water partition coefficient (Wildman–Crippen LogP) is 4.17. The first kappa shape index (κ1) is 18.8. The number of aromatic nitrogens is 2. The minimum absolute atomic E-state index is 0.206. The molecule has 3 rings (SSSR count). The number of hydrogen-bond acceptors (Lipinski definition) is 6. The number of halogens is 2. The number of amides is 1. The van der Waals surface area contributed by atoms with Gasteiger partial charge in [0.2, 0.25) is 0 Å². The van der Waals surface area contributed by atoms with Crippen molar-refractivity contribution < 1.29 is 4.79 Å². The average molecular weight is 403 g/mol. The van der Waals surface area contributed by atoms with E-state index in [1.807, 2.05) is 19.1 Å². The molecule has 9 heteroatoms. The van der Waals surface area contributed by atoms with Crippen LogP contribution in [0.1, 0.15) is 15.9 Å². The summed E-state index contributed by atoms with van der Waals surface area (Å²) in [5, 5.41) is 3.75. The molecule has 0 saturated carbocycles. The summed E-state index contributed by atoms with van der Waals surface area (Å²) in [5.41, 5.74) is 13.7. The van der Waals surface area contributed by atoms with Gasteiger partial charge in [0, 0.05) is 5.56 Å². The molecule has 0 bridgehead atoms. The summed E-state index contributed by atoms with van der Waals surface area (Å²) in [5.74, 6) is 0.243. The highest BCUT2D eigenvalue weighted by Gasteiger charge is 2.12. The van der Waals surface area contributed by atoms with Crippen molar-refractivity contribution in [1.82, 2.24) is 15.4 Å². The molecule has 0 aliphatic heterocycles. The Morgan fingerprint density at radius 2 is 1.74 bits per heavy atom. The summed E-state index contributed by atoms with van der Waals surface area (Å²) < 4.78 is 0. The van der Waals surface area contributed by atoms with E-state index in [0.29, 0.717) is 27.1 Å². The number of hydrogen-bond donors (Lipinski definition) is 4. The Labute approximate surface area is 165 Å². The fourth-order valence-corrected chi connectivity index (χ4v) is 2.56. The van der Waals surface area contributed by atoms with Crippen molar-refractivity contribution in [1.29, 1.82) is 0 Å². The standard InChI is InChI=1S/C18H16Cl2N6O/c1-10-5-7-11(8-6-10)18(27)26-25-17-15(21)16(22-9-23-17)24-13-4-2-3-12(19)14(13)20/h2-9H,21H2,1H3,(H,26,27)(H2,22,23,24,25). The number of nitrogens with one attached hydrogen (secondary N) is 3. The van der Waals surface area contributed by atoms with E-state index in [-0.39, 0.29) is 17.4 Å². The Balaban J connectivity index is 1.74. The molecule has 0 fully saturated rings. The molecule has 5 N–H and O–H groups in total. The second kappa shape index (κ2) is 8.11. The van der Waals surface area contributed by atoms with Gasteiger partial charge in [0.05, 0.1) is 15.7 Å². The van der Waals surface area contributed by atoms with Gasteiger partial charge < -0.3 is 11.1 Å². The first-order valence-corrected chi connectivity index (χ1v) is 8.66. The zero-order chi connectivity index (χ0) is 19.4. The molecule has 0 saturated heterocycles. The molecular formula is C18H16Cl2N6O. The number of anilines is 4. The molecule has 2 aromatic carbocycles. The highest BCUT2D eigenvalue weighted by Crippen LogP contribution is 2.33. The molecule has 0 spiro atoms. The molecule has 3 aromatic rings. The van der Waals surface area contributed by atoms with Crippen LogP contribution in [-0.4, -0.2) is 15.9 Å². The lowest BCUT2D eigenvalue weighted by atomic mass is 10.1. The van der Waals surface area contributed by atoms with E-state index >= 15 is 0 Å². The Morgan fingerprint density at radius 3 is 2.48 bits per heavy atom. The van der Waals surface area contributed by atoms with Crippen LogP contribution < -0.4 is 21.9 Å². The minimum atomic E-state index is -0.319. The minimum Gasteiger partial charge on any atom is -0.393 e. The number of nitrogens with two attached hydrogens (primary N) is 1. The first-order valence-electron chi connectivity index (χ1n) is 7.90. The van der Waals surface area contributed by atoms with Gasteiger partial charge in [0.15, 0.2) is 11.6 Å². The molecular weight excluding hydrogens is 387 g/mol. The lowest BCUT2D eigenvalue weighted by Crippen LogP contribution is -2.30. The molecule has 1 heterocycles. The first-order chi connectivity index (χ1) is 13.0. The van der Waals surface area contributed by atoms with E-state index in [0.717, 1.165) is 5.56 Å². The molecule has 1 amide bonds. The topological polar surface area (TPSA) is 105 Å². The monoisotopic (exact) mass is 402 g/mol. The van der Waals surface area contributed by atoms with Crippen molar-refractivity contribution in [2.45, 2.75) is 6.92 Å². The van der Waals surface area contributed by atoms with Crippen molar-refractivity contribution in [2.24, 2.45) is 0 Å². The third kappa shape index (κ3) is 4.39. The number of benzene rings is 2. The fraction of sp³-hybridized carbons (Fsp3) is 0.0556. The van der Waals surface area contributed by atoms with Crippen LogP contribution in [0.3, 0.4) is 0 Å². The summed E-state index contributed by atoms with van der Waals surface area (Å²) in [6.07, 6.45) is 1.30. The summed E-state index contributed by atoms with van der Waals surface area (Å²) in [7, 11) is 0. The number of carbonyl (C=O) groups is 1.